The summed E-state index contributed by atoms with van der Waals surface area (Å²) in [5, 5.41) is 10.4. The Hall–Kier alpha value is -2.29. The fourth-order valence-electron chi connectivity index (χ4n) is 1.88. The van der Waals surface area contributed by atoms with Crippen LogP contribution in [0.3, 0.4) is 0 Å². The number of hydrogen-bond donors (Lipinski definition) is 2. The van der Waals surface area contributed by atoms with E-state index in [0.717, 1.165) is 30.7 Å². The zero-order valence-electron chi connectivity index (χ0n) is 9.53. The number of carbonyl (C=O) groups excluding carboxylic acids is 1. The molecule has 1 aliphatic heterocycles. The van der Waals surface area contributed by atoms with Crippen LogP contribution >= 0.6 is 0 Å². The van der Waals surface area contributed by atoms with E-state index in [0.29, 0.717) is 0 Å². The highest BCUT2D eigenvalue weighted by molar-refractivity contribution is 6.02. The van der Waals surface area contributed by atoms with Crippen molar-refractivity contribution in [2.24, 2.45) is 10.7 Å². The number of hydrogen-bond acceptors (Lipinski definition) is 5. The van der Waals surface area contributed by atoms with Gasteiger partial charge in [0.25, 0.3) is 0 Å². The predicted octanol–water partition coefficient (Wildman–Crippen LogP) is 0.513. The number of nitrogens with one attached hydrogen (secondary N) is 1. The molecule has 0 saturated heterocycles. The number of nitrogens with two attached hydrogens (primary N) is 1. The average Bonchev–Trinajstić information content (AvgIpc) is 2.32. The van der Waals surface area contributed by atoms with Gasteiger partial charge in [0.15, 0.2) is 11.5 Å². The van der Waals surface area contributed by atoms with Crippen LogP contribution in [0.25, 0.3) is 0 Å². The lowest BCUT2D eigenvalue weighted by atomic mass is 10.0. The van der Waals surface area contributed by atoms with Gasteiger partial charge in [-0.1, -0.05) is 6.08 Å². The Morgan fingerprint density at radius 2 is 2.47 bits per heavy atom. The first kappa shape index (κ1) is 11.2. The standard InChI is InChI=1S/C11H13N5O/c1-7(17)15-16-10-5-3-2-4-8(10)14-9(6-12)11(16)13/h5H,2-4,13H2,1H3,(H,15,17). The monoisotopic (exact) mass is 231 g/mol. The Kier molecular flexibility index (Phi) is 2.83. The maximum atomic E-state index is 11.1. The van der Waals surface area contributed by atoms with Crippen molar-refractivity contribution in [1.82, 2.24) is 10.4 Å². The van der Waals surface area contributed by atoms with Gasteiger partial charge in [-0.2, -0.15) is 5.26 Å². The van der Waals surface area contributed by atoms with Gasteiger partial charge < -0.3 is 5.73 Å². The lowest BCUT2D eigenvalue weighted by Crippen LogP contribution is -2.46. The molecule has 0 radical (unpaired) electrons. The fraction of sp³-hybridized carbons (Fsp3) is 0.364. The number of allylic oxidation sites excluding steroid dienone is 3. The van der Waals surface area contributed by atoms with Crippen molar-refractivity contribution in [3.63, 3.8) is 0 Å². The van der Waals surface area contributed by atoms with E-state index < -0.39 is 0 Å². The summed E-state index contributed by atoms with van der Waals surface area (Å²) in [5.41, 5.74) is 10.1. The number of rotatable bonds is 1. The largest absolute Gasteiger partial charge is 0.381 e. The summed E-state index contributed by atoms with van der Waals surface area (Å²) in [4.78, 5) is 15.4. The Bertz CT molecular complexity index is 494. The van der Waals surface area contributed by atoms with Gasteiger partial charge >= 0.3 is 0 Å². The molecule has 1 heterocycles. The van der Waals surface area contributed by atoms with E-state index in [1.807, 2.05) is 12.1 Å². The van der Waals surface area contributed by atoms with Crippen LogP contribution in [0.15, 0.2) is 28.3 Å². The van der Waals surface area contributed by atoms with E-state index in [-0.39, 0.29) is 17.4 Å². The Morgan fingerprint density at radius 1 is 1.71 bits per heavy atom. The summed E-state index contributed by atoms with van der Waals surface area (Å²) < 4.78 is 0. The average molecular weight is 231 g/mol. The molecule has 2 aliphatic rings. The number of hydrazine groups is 1. The van der Waals surface area contributed by atoms with E-state index in [1.54, 1.807) is 0 Å². The second-order valence-electron chi connectivity index (χ2n) is 3.89. The van der Waals surface area contributed by atoms with Crippen LogP contribution < -0.4 is 11.2 Å². The molecule has 0 saturated carbocycles. The molecule has 88 valence electrons. The molecule has 0 fully saturated rings. The maximum Gasteiger partial charge on any atom is 0.235 e. The first-order chi connectivity index (χ1) is 8.13. The smallest absolute Gasteiger partial charge is 0.235 e. The van der Waals surface area contributed by atoms with Crippen molar-refractivity contribution in [3.05, 3.63) is 23.3 Å². The summed E-state index contributed by atoms with van der Waals surface area (Å²) in [6.45, 7) is 1.40. The lowest BCUT2D eigenvalue weighted by Gasteiger charge is -2.32. The van der Waals surface area contributed by atoms with E-state index in [2.05, 4.69) is 10.4 Å². The Balaban J connectivity index is 2.45. The number of nitrogens with zero attached hydrogens (tertiary/aromatic N) is 3. The molecule has 6 heteroatoms. The zero-order chi connectivity index (χ0) is 12.4. The number of carbonyl (C=O) groups is 1. The minimum absolute atomic E-state index is 0.146. The first-order valence-corrected chi connectivity index (χ1v) is 5.38. The highest BCUT2D eigenvalue weighted by Crippen LogP contribution is 2.26. The normalized spacial score (nSPS) is 18.9. The van der Waals surface area contributed by atoms with Crippen LogP contribution in [-0.2, 0) is 4.79 Å². The Labute approximate surface area is 99.1 Å². The molecule has 0 aromatic heterocycles. The first-order valence-electron chi connectivity index (χ1n) is 5.38. The summed E-state index contributed by atoms with van der Waals surface area (Å²) in [6, 6.07) is 1.94. The molecule has 3 N–H and O–H groups in total. The topological polar surface area (TPSA) is 94.5 Å². The lowest BCUT2D eigenvalue weighted by molar-refractivity contribution is -0.122. The minimum atomic E-state index is -0.238. The van der Waals surface area contributed by atoms with Gasteiger partial charge in [-0.15, -0.1) is 0 Å². The van der Waals surface area contributed by atoms with Crippen LogP contribution in [0, 0.1) is 11.3 Å². The second kappa shape index (κ2) is 4.29. The number of aliphatic imine (C=N–C) groups is 1. The van der Waals surface area contributed by atoms with Crippen molar-refractivity contribution >= 4 is 11.6 Å². The molecule has 0 bridgehead atoms. The van der Waals surface area contributed by atoms with Crippen molar-refractivity contribution in [2.75, 3.05) is 0 Å². The van der Waals surface area contributed by atoms with Crippen molar-refractivity contribution in [3.8, 4) is 6.07 Å². The van der Waals surface area contributed by atoms with Crippen LogP contribution in [0.2, 0.25) is 0 Å². The van der Waals surface area contributed by atoms with E-state index in [1.165, 1.54) is 11.9 Å². The van der Waals surface area contributed by atoms with E-state index in [9.17, 15) is 4.79 Å². The van der Waals surface area contributed by atoms with Crippen LogP contribution in [0.4, 0.5) is 0 Å². The van der Waals surface area contributed by atoms with Crippen LogP contribution in [0.1, 0.15) is 26.2 Å². The van der Waals surface area contributed by atoms with Crippen molar-refractivity contribution in [2.45, 2.75) is 26.2 Å². The molecule has 6 nitrogen and oxygen atoms in total. The highest BCUT2D eigenvalue weighted by Gasteiger charge is 2.27. The van der Waals surface area contributed by atoms with Gasteiger partial charge in [0.2, 0.25) is 5.91 Å². The highest BCUT2D eigenvalue weighted by atomic mass is 16.2. The summed E-state index contributed by atoms with van der Waals surface area (Å²) in [6.07, 6.45) is 4.67. The molecule has 1 aliphatic carbocycles. The number of fused-ring (bicyclic) bond motifs is 1. The van der Waals surface area contributed by atoms with Crippen molar-refractivity contribution < 1.29 is 4.79 Å². The summed E-state index contributed by atoms with van der Waals surface area (Å²) >= 11 is 0. The van der Waals surface area contributed by atoms with Gasteiger partial charge in [0, 0.05) is 6.92 Å². The quantitative estimate of drug-likeness (QED) is 0.687. The predicted molar refractivity (Wildman–Crippen MR) is 61.9 cm³/mol. The summed E-state index contributed by atoms with van der Waals surface area (Å²) in [7, 11) is 0. The maximum absolute atomic E-state index is 11.1. The molecule has 0 atom stereocenters. The van der Waals surface area contributed by atoms with Crippen molar-refractivity contribution in [1.29, 1.82) is 5.26 Å². The third kappa shape index (κ3) is 1.99. The third-order valence-electron chi connectivity index (χ3n) is 2.60. The molecule has 0 aromatic rings. The van der Waals surface area contributed by atoms with Gasteiger partial charge in [-0.25, -0.2) is 10.0 Å². The molecule has 1 amide bonds. The van der Waals surface area contributed by atoms with E-state index >= 15 is 0 Å². The van der Waals surface area contributed by atoms with E-state index in [4.69, 9.17) is 11.0 Å². The fourth-order valence-corrected chi connectivity index (χ4v) is 1.88. The third-order valence-corrected chi connectivity index (χ3v) is 2.60. The SMILES string of the molecule is CC(=O)NN1C2=CCCCC2=NC(C#N)=C1N. The van der Waals surface area contributed by atoms with Crippen LogP contribution in [-0.4, -0.2) is 16.6 Å². The zero-order valence-corrected chi connectivity index (χ0v) is 9.53. The molecule has 0 aromatic carbocycles. The molecule has 17 heavy (non-hydrogen) atoms. The van der Waals surface area contributed by atoms with Crippen LogP contribution in [0.5, 0.6) is 0 Å². The van der Waals surface area contributed by atoms with Gasteiger partial charge in [-0.05, 0) is 19.3 Å². The summed E-state index contributed by atoms with van der Waals surface area (Å²) in [5.74, 6) is -0.0717. The molecular formula is C11H13N5O. The number of amides is 1. The Morgan fingerprint density at radius 3 is 3.12 bits per heavy atom. The molecule has 2 rings (SSSR count). The van der Waals surface area contributed by atoms with Gasteiger partial charge in [0.05, 0.1) is 11.4 Å². The molecule has 0 unspecified atom stereocenters. The molecular weight excluding hydrogens is 218 g/mol. The van der Waals surface area contributed by atoms with Gasteiger partial charge in [-0.3, -0.25) is 10.2 Å². The minimum Gasteiger partial charge on any atom is -0.381 e. The van der Waals surface area contributed by atoms with Gasteiger partial charge in [0.1, 0.15) is 6.07 Å². The molecule has 0 spiro atoms. The number of nitriles is 1. The second-order valence-corrected chi connectivity index (χ2v) is 3.89.